The first-order valence-corrected chi connectivity index (χ1v) is 7.50. The number of aliphatic hydroxyl groups is 1. The van der Waals surface area contributed by atoms with Crippen molar-refractivity contribution in [2.24, 2.45) is 17.3 Å². The molecule has 1 aromatic rings. The summed E-state index contributed by atoms with van der Waals surface area (Å²) in [6.07, 6.45) is -2.11. The molecule has 2 fully saturated rings. The SMILES string of the molecule is [2H]c1cc2c(c([2H])c1O)C([2H])([2H])C[C@@H]1[C@H]3C[C@H](O)C(=O)[C@]3(C)CC[C@@]21[2H]. The lowest BCUT2D eigenvalue weighted by atomic mass is 9.55. The molecule has 0 aromatic heterocycles. The highest BCUT2D eigenvalue weighted by molar-refractivity contribution is 5.91. The van der Waals surface area contributed by atoms with Crippen LogP contribution in [-0.2, 0) is 11.2 Å². The van der Waals surface area contributed by atoms with Gasteiger partial charge in [-0.3, -0.25) is 4.79 Å². The molecule has 5 atom stereocenters. The van der Waals surface area contributed by atoms with Gasteiger partial charge in [-0.15, -0.1) is 0 Å². The number of benzene rings is 1. The maximum atomic E-state index is 12.5. The van der Waals surface area contributed by atoms with Crippen LogP contribution in [0.15, 0.2) is 18.2 Å². The second-order valence-electron chi connectivity index (χ2n) is 6.70. The Morgan fingerprint density at radius 2 is 2.33 bits per heavy atom. The number of fused-ring (bicyclic) bond motifs is 5. The monoisotopic (exact) mass is 291 g/mol. The van der Waals surface area contributed by atoms with E-state index in [1.807, 2.05) is 6.92 Å². The summed E-state index contributed by atoms with van der Waals surface area (Å²) in [6, 6.07) is 0.612. The Balaban J connectivity index is 1.93. The standard InChI is InChI=1S/C18H22O3/c1-18-7-6-13-12-5-3-11(19)8-10(12)2-4-14(13)15(18)9-16(20)17(18)21/h3,5,8,13-16,19-20H,2,4,6-7,9H2,1H3/t13-,14-,15+,16-,18+/m0/s1/i2D2,3D,8D,13D. The molecule has 0 aliphatic heterocycles. The number of phenolic OH excluding ortho intramolecular Hbond substituents is 1. The summed E-state index contributed by atoms with van der Waals surface area (Å²) in [4.78, 5) is 12.5. The molecular formula is C18H22O3. The van der Waals surface area contributed by atoms with Crippen molar-refractivity contribution in [3.05, 3.63) is 29.3 Å². The topological polar surface area (TPSA) is 57.5 Å². The number of hydrogen-bond donors (Lipinski definition) is 2. The lowest BCUT2D eigenvalue weighted by Crippen LogP contribution is -2.42. The smallest absolute Gasteiger partial charge is 0.167 e. The summed E-state index contributed by atoms with van der Waals surface area (Å²) in [6.45, 7) is 1.81. The van der Waals surface area contributed by atoms with Crippen LogP contribution in [0.25, 0.3) is 0 Å². The van der Waals surface area contributed by atoms with Crippen LogP contribution in [0, 0.1) is 17.3 Å². The molecule has 0 bridgehead atoms. The molecule has 21 heavy (non-hydrogen) atoms. The van der Waals surface area contributed by atoms with Crippen molar-refractivity contribution in [2.45, 2.75) is 51.0 Å². The average Bonchev–Trinajstić information content (AvgIpc) is 2.78. The highest BCUT2D eigenvalue weighted by Crippen LogP contribution is 2.59. The summed E-state index contributed by atoms with van der Waals surface area (Å²) < 4.78 is 42.2. The van der Waals surface area contributed by atoms with Crippen molar-refractivity contribution in [3.8, 4) is 5.75 Å². The van der Waals surface area contributed by atoms with Crippen molar-refractivity contribution in [1.29, 1.82) is 0 Å². The lowest BCUT2D eigenvalue weighted by molar-refractivity contribution is -0.134. The summed E-state index contributed by atoms with van der Waals surface area (Å²) in [5, 5.41) is 20.1. The van der Waals surface area contributed by atoms with Crippen molar-refractivity contribution >= 4 is 5.78 Å². The maximum absolute atomic E-state index is 12.5. The van der Waals surface area contributed by atoms with Gasteiger partial charge in [-0.1, -0.05) is 13.0 Å². The first-order chi connectivity index (χ1) is 11.9. The van der Waals surface area contributed by atoms with Gasteiger partial charge in [-0.2, -0.15) is 0 Å². The first kappa shape index (κ1) is 8.94. The number of carbonyl (C=O) groups excluding carboxylic acids is 1. The molecule has 3 nitrogen and oxygen atoms in total. The number of phenols is 1. The Morgan fingerprint density at radius 1 is 1.52 bits per heavy atom. The molecule has 112 valence electrons. The number of carbonyl (C=O) groups is 1. The molecule has 1 aromatic carbocycles. The zero-order chi connectivity index (χ0) is 19.2. The van der Waals surface area contributed by atoms with E-state index in [9.17, 15) is 15.0 Å². The van der Waals surface area contributed by atoms with E-state index in [4.69, 9.17) is 6.85 Å². The van der Waals surface area contributed by atoms with Crippen molar-refractivity contribution < 1.29 is 21.9 Å². The molecule has 4 rings (SSSR count). The fourth-order valence-electron chi connectivity index (χ4n) is 4.55. The Kier molecular flexibility index (Phi) is 1.84. The molecule has 0 unspecified atom stereocenters. The van der Waals surface area contributed by atoms with Gasteiger partial charge in [0.25, 0.3) is 0 Å². The van der Waals surface area contributed by atoms with Crippen LogP contribution >= 0.6 is 0 Å². The van der Waals surface area contributed by atoms with E-state index in [1.54, 1.807) is 0 Å². The minimum absolute atomic E-state index is 0.00859. The number of hydrogen-bond acceptors (Lipinski definition) is 3. The van der Waals surface area contributed by atoms with E-state index in [-0.39, 0.29) is 41.7 Å². The maximum Gasteiger partial charge on any atom is 0.167 e. The van der Waals surface area contributed by atoms with Gasteiger partial charge in [0.1, 0.15) is 11.9 Å². The number of ketones is 1. The quantitative estimate of drug-likeness (QED) is 0.773. The number of aromatic hydroxyl groups is 1. The molecule has 2 saturated carbocycles. The van der Waals surface area contributed by atoms with Crippen molar-refractivity contribution in [1.82, 2.24) is 0 Å². The summed E-state index contributed by atoms with van der Waals surface area (Å²) in [5.41, 5.74) is -0.486. The van der Waals surface area contributed by atoms with Crippen LogP contribution in [-0.4, -0.2) is 22.1 Å². The summed E-state index contributed by atoms with van der Waals surface area (Å²) in [7, 11) is 0. The van der Waals surface area contributed by atoms with Crippen LogP contribution in [0.5, 0.6) is 5.75 Å². The molecule has 0 heterocycles. The molecule has 0 radical (unpaired) electrons. The largest absolute Gasteiger partial charge is 0.508 e. The third kappa shape index (κ3) is 1.73. The molecule has 3 heteroatoms. The Bertz CT molecular complexity index is 826. The van der Waals surface area contributed by atoms with Crippen LogP contribution in [0.4, 0.5) is 0 Å². The number of Topliss-reactive ketones (excluding diaryl/α,β-unsaturated/α-hetero) is 1. The lowest BCUT2D eigenvalue weighted by Gasteiger charge is -2.48. The van der Waals surface area contributed by atoms with Gasteiger partial charge in [0.15, 0.2) is 5.78 Å². The molecule has 2 N–H and O–H groups in total. The fraction of sp³-hybridized carbons (Fsp3) is 0.611. The second-order valence-corrected chi connectivity index (χ2v) is 6.70. The zero-order valence-corrected chi connectivity index (χ0v) is 11.9. The van der Waals surface area contributed by atoms with Gasteiger partial charge in [0, 0.05) is 9.53 Å². The summed E-state index contributed by atoms with van der Waals surface area (Å²) >= 11 is 0. The van der Waals surface area contributed by atoms with E-state index < -0.39 is 41.5 Å². The van der Waals surface area contributed by atoms with E-state index in [2.05, 4.69) is 0 Å². The van der Waals surface area contributed by atoms with Crippen LogP contribution < -0.4 is 0 Å². The Morgan fingerprint density at radius 3 is 3.14 bits per heavy atom. The van der Waals surface area contributed by atoms with Crippen LogP contribution in [0.3, 0.4) is 0 Å². The first-order valence-electron chi connectivity index (χ1n) is 10.00. The second kappa shape index (κ2) is 4.33. The van der Waals surface area contributed by atoms with Crippen molar-refractivity contribution in [3.63, 3.8) is 0 Å². The predicted octanol–water partition coefficient (Wildman–Crippen LogP) is 2.79. The third-order valence-corrected chi connectivity index (χ3v) is 5.72. The highest BCUT2D eigenvalue weighted by Gasteiger charge is 2.57. The number of aliphatic hydroxyl groups excluding tert-OH is 1. The van der Waals surface area contributed by atoms with Gasteiger partial charge in [0.05, 0.1) is 2.74 Å². The van der Waals surface area contributed by atoms with E-state index in [1.165, 1.54) is 6.07 Å². The normalized spacial score (nSPS) is 50.7. The molecule has 3 aliphatic carbocycles. The van der Waals surface area contributed by atoms with E-state index in [0.29, 0.717) is 12.8 Å². The van der Waals surface area contributed by atoms with Gasteiger partial charge in [0.2, 0.25) is 0 Å². The van der Waals surface area contributed by atoms with Gasteiger partial charge in [-0.25, -0.2) is 0 Å². The minimum Gasteiger partial charge on any atom is -0.508 e. The Labute approximate surface area is 132 Å². The number of rotatable bonds is 0. The van der Waals surface area contributed by atoms with Crippen molar-refractivity contribution in [2.75, 3.05) is 0 Å². The summed E-state index contributed by atoms with van der Waals surface area (Å²) in [5.74, 6) is -2.81. The van der Waals surface area contributed by atoms with Crippen LogP contribution in [0.1, 0.15) is 56.5 Å². The third-order valence-electron chi connectivity index (χ3n) is 5.72. The minimum atomic E-state index is -1.94. The van der Waals surface area contributed by atoms with Gasteiger partial charge < -0.3 is 10.2 Å². The average molecular weight is 291 g/mol. The van der Waals surface area contributed by atoms with E-state index in [0.717, 1.165) is 0 Å². The fourth-order valence-corrected chi connectivity index (χ4v) is 4.55. The molecule has 0 spiro atoms. The zero-order valence-electron chi connectivity index (χ0n) is 16.9. The van der Waals surface area contributed by atoms with E-state index >= 15 is 0 Å². The predicted molar refractivity (Wildman–Crippen MR) is 79.1 cm³/mol. The van der Waals surface area contributed by atoms with Gasteiger partial charge in [-0.05, 0) is 73.0 Å². The molecule has 3 aliphatic rings. The highest BCUT2D eigenvalue weighted by atomic mass is 16.3. The molecule has 0 saturated heterocycles. The Hall–Kier alpha value is -1.35. The molecular weight excluding hydrogens is 264 g/mol. The van der Waals surface area contributed by atoms with Crippen LogP contribution in [0.2, 0.25) is 0 Å². The van der Waals surface area contributed by atoms with Gasteiger partial charge >= 0.3 is 0 Å². The molecule has 0 amide bonds.